The Morgan fingerprint density at radius 2 is 1.60 bits per heavy atom. The molecule has 1 N–H and O–H groups in total. The van der Waals surface area contributed by atoms with Crippen molar-refractivity contribution in [3.63, 3.8) is 0 Å². The smallest absolute Gasteiger partial charge is 0.193 e. The zero-order chi connectivity index (χ0) is 19.3. The molecule has 1 aromatic rings. The number of carbonyl (C=O) groups is 1. The van der Waals surface area contributed by atoms with Crippen LogP contribution in [0.1, 0.15) is 58.8 Å². The Labute approximate surface area is 151 Å². The van der Waals surface area contributed by atoms with Crippen LogP contribution in [0.15, 0.2) is 24.3 Å². The van der Waals surface area contributed by atoms with Crippen molar-refractivity contribution in [1.82, 2.24) is 0 Å². The number of hydrogen-bond acceptors (Lipinski definition) is 5. The average Bonchev–Trinajstić information content (AvgIpc) is 2.48. The predicted octanol–water partition coefficient (Wildman–Crippen LogP) is 3.83. The van der Waals surface area contributed by atoms with Crippen molar-refractivity contribution < 1.29 is 24.1 Å². The lowest BCUT2D eigenvalue weighted by Gasteiger charge is -2.30. The standard InChI is InChI=1S/C20H32O5/c1-14(2)18(25-19(3,4)5)24-13-12-23-16-10-8-15(9-11-16)17(21)20(6,7)22/h8-11,14,18,22H,12-13H2,1-7H3. The van der Waals surface area contributed by atoms with Crippen molar-refractivity contribution in [3.8, 4) is 5.75 Å². The number of carbonyl (C=O) groups excluding carboxylic acids is 1. The van der Waals surface area contributed by atoms with Gasteiger partial charge in [-0.1, -0.05) is 13.8 Å². The second kappa shape index (κ2) is 8.79. The number of ether oxygens (including phenoxy) is 3. The zero-order valence-corrected chi connectivity index (χ0v) is 16.5. The third-order valence-electron chi connectivity index (χ3n) is 3.32. The van der Waals surface area contributed by atoms with E-state index in [9.17, 15) is 9.90 Å². The molecule has 0 radical (unpaired) electrons. The fraction of sp³-hybridized carbons (Fsp3) is 0.650. The number of Topliss-reactive ketones (excluding diaryl/α,β-unsaturated/α-hetero) is 1. The molecule has 0 saturated heterocycles. The molecule has 0 spiro atoms. The first-order valence-corrected chi connectivity index (χ1v) is 8.69. The molecular formula is C20H32O5. The van der Waals surface area contributed by atoms with Gasteiger partial charge in [0, 0.05) is 11.5 Å². The summed E-state index contributed by atoms with van der Waals surface area (Å²) in [6, 6.07) is 6.72. The average molecular weight is 352 g/mol. The molecule has 142 valence electrons. The van der Waals surface area contributed by atoms with E-state index in [0.717, 1.165) is 0 Å². The molecule has 0 aliphatic carbocycles. The highest BCUT2D eigenvalue weighted by molar-refractivity contribution is 6.01. The number of benzene rings is 1. The predicted molar refractivity (Wildman–Crippen MR) is 98.0 cm³/mol. The quantitative estimate of drug-likeness (QED) is 0.416. The summed E-state index contributed by atoms with van der Waals surface area (Å²) in [5, 5.41) is 9.75. The molecule has 5 heteroatoms. The third-order valence-corrected chi connectivity index (χ3v) is 3.32. The van der Waals surface area contributed by atoms with Gasteiger partial charge in [-0.2, -0.15) is 0 Å². The van der Waals surface area contributed by atoms with Crippen molar-refractivity contribution in [1.29, 1.82) is 0 Å². The summed E-state index contributed by atoms with van der Waals surface area (Å²) in [6.45, 7) is 13.8. The highest BCUT2D eigenvalue weighted by Gasteiger charge is 2.25. The summed E-state index contributed by atoms with van der Waals surface area (Å²) in [6.07, 6.45) is -0.282. The minimum Gasteiger partial charge on any atom is -0.491 e. The number of aliphatic hydroxyl groups is 1. The van der Waals surface area contributed by atoms with Gasteiger partial charge < -0.3 is 19.3 Å². The maximum Gasteiger partial charge on any atom is 0.193 e. The van der Waals surface area contributed by atoms with E-state index in [4.69, 9.17) is 14.2 Å². The van der Waals surface area contributed by atoms with E-state index in [0.29, 0.717) is 24.5 Å². The molecule has 0 aromatic heterocycles. The first-order chi connectivity index (χ1) is 11.4. The van der Waals surface area contributed by atoms with Gasteiger partial charge in [-0.25, -0.2) is 0 Å². The number of hydrogen-bond donors (Lipinski definition) is 1. The Hall–Kier alpha value is -1.43. The van der Waals surface area contributed by atoms with Crippen molar-refractivity contribution in [2.75, 3.05) is 13.2 Å². The second-order valence-electron chi connectivity index (χ2n) is 7.97. The van der Waals surface area contributed by atoms with Gasteiger partial charge in [0.15, 0.2) is 12.1 Å². The molecule has 0 amide bonds. The fourth-order valence-electron chi connectivity index (χ4n) is 2.09. The minimum absolute atomic E-state index is 0.242. The first-order valence-electron chi connectivity index (χ1n) is 8.69. The van der Waals surface area contributed by atoms with Gasteiger partial charge in [0.2, 0.25) is 0 Å². The summed E-state index contributed by atoms with van der Waals surface area (Å²) in [5.41, 5.74) is -1.19. The van der Waals surface area contributed by atoms with E-state index in [-0.39, 0.29) is 23.6 Å². The van der Waals surface area contributed by atoms with Crippen LogP contribution in [-0.4, -0.2) is 41.6 Å². The molecule has 1 aromatic carbocycles. The zero-order valence-electron chi connectivity index (χ0n) is 16.5. The van der Waals surface area contributed by atoms with Crippen LogP contribution in [0.5, 0.6) is 5.75 Å². The third kappa shape index (κ3) is 7.99. The molecule has 0 saturated carbocycles. The Morgan fingerprint density at radius 3 is 2.04 bits per heavy atom. The molecule has 1 rings (SSSR count). The summed E-state index contributed by atoms with van der Waals surface area (Å²) < 4.78 is 17.3. The van der Waals surface area contributed by atoms with Crippen molar-refractivity contribution in [2.24, 2.45) is 5.92 Å². The van der Waals surface area contributed by atoms with Gasteiger partial charge in [0.25, 0.3) is 0 Å². The fourth-order valence-corrected chi connectivity index (χ4v) is 2.09. The lowest BCUT2D eigenvalue weighted by Crippen LogP contribution is -2.34. The van der Waals surface area contributed by atoms with Crippen molar-refractivity contribution in [2.45, 2.75) is 66.0 Å². The monoisotopic (exact) mass is 352 g/mol. The van der Waals surface area contributed by atoms with Crippen LogP contribution < -0.4 is 4.74 Å². The van der Waals surface area contributed by atoms with E-state index in [1.165, 1.54) is 13.8 Å². The maximum absolute atomic E-state index is 12.0. The van der Waals surface area contributed by atoms with Gasteiger partial charge in [0.05, 0.1) is 12.2 Å². The van der Waals surface area contributed by atoms with E-state index < -0.39 is 5.60 Å². The molecule has 1 unspecified atom stereocenters. The molecule has 25 heavy (non-hydrogen) atoms. The van der Waals surface area contributed by atoms with Gasteiger partial charge in [-0.05, 0) is 58.9 Å². The Bertz CT molecular complexity index is 535. The summed E-state index contributed by atoms with van der Waals surface area (Å²) in [4.78, 5) is 12.0. The van der Waals surface area contributed by atoms with Crippen LogP contribution >= 0.6 is 0 Å². The van der Waals surface area contributed by atoms with Crippen LogP contribution in [0.25, 0.3) is 0 Å². The maximum atomic E-state index is 12.0. The highest BCUT2D eigenvalue weighted by Crippen LogP contribution is 2.19. The van der Waals surface area contributed by atoms with Gasteiger partial charge in [0.1, 0.15) is 18.0 Å². The molecular weight excluding hydrogens is 320 g/mol. The van der Waals surface area contributed by atoms with Crippen LogP contribution in [0.2, 0.25) is 0 Å². The topological polar surface area (TPSA) is 65.0 Å². The number of ketones is 1. The minimum atomic E-state index is -1.38. The van der Waals surface area contributed by atoms with Crippen LogP contribution in [-0.2, 0) is 9.47 Å². The normalized spacial score (nSPS) is 13.8. The Morgan fingerprint density at radius 1 is 1.04 bits per heavy atom. The molecule has 1 atom stereocenters. The van der Waals surface area contributed by atoms with E-state index >= 15 is 0 Å². The molecule has 0 fully saturated rings. The molecule has 0 heterocycles. The Balaban J connectivity index is 2.47. The number of rotatable bonds is 9. The van der Waals surface area contributed by atoms with Gasteiger partial charge in [-0.15, -0.1) is 0 Å². The van der Waals surface area contributed by atoms with Crippen LogP contribution in [0.3, 0.4) is 0 Å². The SMILES string of the molecule is CC(C)C(OCCOc1ccc(C(=O)C(C)(C)O)cc1)OC(C)(C)C. The molecule has 0 aliphatic heterocycles. The molecule has 0 aliphatic rings. The van der Waals surface area contributed by atoms with E-state index in [1.54, 1.807) is 24.3 Å². The summed E-state index contributed by atoms with van der Waals surface area (Å²) in [7, 11) is 0. The summed E-state index contributed by atoms with van der Waals surface area (Å²) >= 11 is 0. The van der Waals surface area contributed by atoms with Crippen molar-refractivity contribution in [3.05, 3.63) is 29.8 Å². The van der Waals surface area contributed by atoms with Gasteiger partial charge in [-0.3, -0.25) is 4.79 Å². The Kier molecular flexibility index (Phi) is 7.60. The van der Waals surface area contributed by atoms with Gasteiger partial charge >= 0.3 is 0 Å². The van der Waals surface area contributed by atoms with E-state index in [2.05, 4.69) is 13.8 Å². The second-order valence-corrected chi connectivity index (χ2v) is 7.97. The van der Waals surface area contributed by atoms with Crippen LogP contribution in [0.4, 0.5) is 0 Å². The van der Waals surface area contributed by atoms with Crippen molar-refractivity contribution >= 4 is 5.78 Å². The summed E-state index contributed by atoms with van der Waals surface area (Å²) in [5.74, 6) is 0.571. The largest absolute Gasteiger partial charge is 0.491 e. The van der Waals surface area contributed by atoms with Crippen LogP contribution in [0, 0.1) is 5.92 Å². The molecule has 5 nitrogen and oxygen atoms in total. The first kappa shape index (κ1) is 21.6. The molecule has 0 bridgehead atoms. The lowest BCUT2D eigenvalue weighted by molar-refractivity contribution is -0.216. The highest BCUT2D eigenvalue weighted by atomic mass is 16.7. The van der Waals surface area contributed by atoms with E-state index in [1.807, 2.05) is 20.8 Å². The lowest BCUT2D eigenvalue weighted by atomic mass is 9.97.